The Balaban J connectivity index is 2.00. The third-order valence-electron chi connectivity index (χ3n) is 2.84. The van der Waals surface area contributed by atoms with Crippen molar-refractivity contribution in [2.24, 2.45) is 5.73 Å². The second-order valence-electron chi connectivity index (χ2n) is 4.24. The lowest BCUT2D eigenvalue weighted by atomic mass is 10.1. The molecule has 0 spiro atoms. The summed E-state index contributed by atoms with van der Waals surface area (Å²) in [4.78, 5) is 4.43. The van der Waals surface area contributed by atoms with Crippen LogP contribution in [0.4, 0.5) is 0 Å². The van der Waals surface area contributed by atoms with E-state index >= 15 is 0 Å². The van der Waals surface area contributed by atoms with Gasteiger partial charge in [-0.1, -0.05) is 24.9 Å². The maximum Gasteiger partial charge on any atom is 0.243 e. The molecule has 90 valence electrons. The van der Waals surface area contributed by atoms with E-state index in [1.54, 1.807) is 0 Å². The third kappa shape index (κ3) is 2.77. The molecule has 2 rings (SSSR count). The highest BCUT2D eigenvalue weighted by Gasteiger charge is 2.22. The molecule has 2 heterocycles. The Morgan fingerprint density at radius 2 is 2.44 bits per heavy atom. The highest BCUT2D eigenvalue weighted by Crippen LogP contribution is 2.36. The zero-order chi connectivity index (χ0) is 11.4. The molecular weight excluding hydrogens is 222 g/mol. The van der Waals surface area contributed by atoms with E-state index in [4.69, 9.17) is 10.3 Å². The first kappa shape index (κ1) is 11.9. The fourth-order valence-corrected chi connectivity index (χ4v) is 3.14. The van der Waals surface area contributed by atoms with Crippen molar-refractivity contribution in [3.05, 3.63) is 11.7 Å². The quantitative estimate of drug-likeness (QED) is 0.878. The summed E-state index contributed by atoms with van der Waals surface area (Å²) < 4.78 is 5.23. The highest BCUT2D eigenvalue weighted by atomic mass is 32.2. The average Bonchev–Trinajstić information content (AvgIpc) is 2.80. The van der Waals surface area contributed by atoms with Crippen LogP contribution in [0, 0.1) is 0 Å². The number of hydrogen-bond acceptors (Lipinski definition) is 5. The molecule has 0 aromatic carbocycles. The van der Waals surface area contributed by atoms with Crippen LogP contribution < -0.4 is 5.73 Å². The van der Waals surface area contributed by atoms with Crippen molar-refractivity contribution >= 4 is 11.8 Å². The number of rotatable bonds is 4. The van der Waals surface area contributed by atoms with Crippen LogP contribution in [0.25, 0.3) is 0 Å². The molecule has 5 heteroatoms. The first-order valence-electron chi connectivity index (χ1n) is 6.02. The molecule has 4 nitrogen and oxygen atoms in total. The Hall–Kier alpha value is -0.550. The lowest BCUT2D eigenvalue weighted by Gasteiger charge is -2.17. The van der Waals surface area contributed by atoms with E-state index in [1.165, 1.54) is 18.6 Å². The number of hydrogen-bond donors (Lipinski definition) is 1. The van der Waals surface area contributed by atoms with Gasteiger partial charge in [-0.2, -0.15) is 16.7 Å². The van der Waals surface area contributed by atoms with Crippen LogP contribution in [0.15, 0.2) is 4.52 Å². The van der Waals surface area contributed by atoms with Gasteiger partial charge in [-0.05, 0) is 25.0 Å². The molecule has 0 bridgehead atoms. The average molecular weight is 241 g/mol. The molecule has 1 fully saturated rings. The summed E-state index contributed by atoms with van der Waals surface area (Å²) in [5.41, 5.74) is 5.95. The summed E-state index contributed by atoms with van der Waals surface area (Å²) in [6, 6.07) is -0.0974. The molecule has 1 aromatic heterocycles. The van der Waals surface area contributed by atoms with Crippen molar-refractivity contribution in [2.45, 2.75) is 50.3 Å². The van der Waals surface area contributed by atoms with Crippen LogP contribution in [-0.4, -0.2) is 15.9 Å². The zero-order valence-electron chi connectivity index (χ0n) is 9.69. The van der Waals surface area contributed by atoms with Crippen molar-refractivity contribution in [3.63, 3.8) is 0 Å². The molecule has 0 amide bonds. The van der Waals surface area contributed by atoms with Crippen molar-refractivity contribution in [3.8, 4) is 0 Å². The van der Waals surface area contributed by atoms with Gasteiger partial charge in [-0.3, -0.25) is 0 Å². The lowest BCUT2D eigenvalue weighted by Crippen LogP contribution is -2.10. The number of nitrogens with zero attached hydrogens (tertiary/aromatic N) is 2. The zero-order valence-corrected chi connectivity index (χ0v) is 10.5. The first-order chi connectivity index (χ1) is 7.81. The van der Waals surface area contributed by atoms with Crippen LogP contribution >= 0.6 is 11.8 Å². The van der Waals surface area contributed by atoms with Crippen molar-refractivity contribution < 1.29 is 4.52 Å². The smallest absolute Gasteiger partial charge is 0.243 e. The molecule has 2 atom stereocenters. The minimum Gasteiger partial charge on any atom is -0.338 e. The van der Waals surface area contributed by atoms with Crippen molar-refractivity contribution in [2.75, 3.05) is 5.75 Å². The minimum atomic E-state index is -0.0974. The first-order valence-corrected chi connectivity index (χ1v) is 7.06. The molecule has 1 saturated heterocycles. The Labute approximate surface area is 100 Å². The van der Waals surface area contributed by atoms with Gasteiger partial charge < -0.3 is 10.3 Å². The third-order valence-corrected chi connectivity index (χ3v) is 4.22. The van der Waals surface area contributed by atoms with Crippen molar-refractivity contribution in [1.82, 2.24) is 10.1 Å². The van der Waals surface area contributed by atoms with Gasteiger partial charge in [0.1, 0.15) is 0 Å². The van der Waals surface area contributed by atoms with Crippen LogP contribution in [0.5, 0.6) is 0 Å². The fourth-order valence-electron chi connectivity index (χ4n) is 1.91. The molecule has 1 aromatic rings. The lowest BCUT2D eigenvalue weighted by molar-refractivity contribution is 0.343. The largest absolute Gasteiger partial charge is 0.338 e. The summed E-state index contributed by atoms with van der Waals surface area (Å²) in [6.45, 7) is 2.11. The molecule has 1 unspecified atom stereocenters. The van der Waals surface area contributed by atoms with Gasteiger partial charge in [0.2, 0.25) is 5.89 Å². The van der Waals surface area contributed by atoms with Crippen molar-refractivity contribution in [1.29, 1.82) is 0 Å². The Morgan fingerprint density at radius 1 is 1.56 bits per heavy atom. The topological polar surface area (TPSA) is 64.9 Å². The van der Waals surface area contributed by atoms with E-state index in [-0.39, 0.29) is 6.04 Å². The van der Waals surface area contributed by atoms with Gasteiger partial charge in [-0.15, -0.1) is 0 Å². The van der Waals surface area contributed by atoms with E-state index < -0.39 is 0 Å². The molecule has 16 heavy (non-hydrogen) atoms. The van der Waals surface area contributed by atoms with E-state index in [9.17, 15) is 0 Å². The predicted molar refractivity (Wildman–Crippen MR) is 65.2 cm³/mol. The summed E-state index contributed by atoms with van der Waals surface area (Å²) in [5.74, 6) is 2.64. The molecule has 0 saturated carbocycles. The molecule has 1 aliphatic rings. The van der Waals surface area contributed by atoms with Crippen LogP contribution in [0.1, 0.15) is 62.0 Å². The van der Waals surface area contributed by atoms with Crippen LogP contribution in [-0.2, 0) is 0 Å². The van der Waals surface area contributed by atoms with Gasteiger partial charge in [0.15, 0.2) is 5.82 Å². The van der Waals surface area contributed by atoms with E-state index in [0.717, 1.165) is 25.1 Å². The Kier molecular flexibility index (Phi) is 4.23. The van der Waals surface area contributed by atoms with Gasteiger partial charge in [-0.25, -0.2) is 0 Å². The summed E-state index contributed by atoms with van der Waals surface area (Å²) in [6.07, 6.45) is 5.67. The molecule has 1 aliphatic heterocycles. The molecule has 0 aliphatic carbocycles. The highest BCUT2D eigenvalue weighted by molar-refractivity contribution is 7.99. The van der Waals surface area contributed by atoms with Gasteiger partial charge in [0.05, 0.1) is 11.3 Å². The van der Waals surface area contributed by atoms with Crippen LogP contribution in [0.3, 0.4) is 0 Å². The van der Waals surface area contributed by atoms with E-state index in [1.807, 2.05) is 11.8 Å². The molecule has 2 N–H and O–H groups in total. The second kappa shape index (κ2) is 5.68. The Bertz CT molecular complexity index is 323. The maximum absolute atomic E-state index is 5.95. The van der Waals surface area contributed by atoms with Gasteiger partial charge in [0.25, 0.3) is 0 Å². The predicted octanol–water partition coefficient (Wildman–Crippen LogP) is 2.83. The second-order valence-corrected chi connectivity index (χ2v) is 5.55. The molecular formula is C11H19N3OS. The van der Waals surface area contributed by atoms with Crippen LogP contribution in [0.2, 0.25) is 0 Å². The van der Waals surface area contributed by atoms with Gasteiger partial charge >= 0.3 is 0 Å². The summed E-state index contributed by atoms with van der Waals surface area (Å²) in [7, 11) is 0. The van der Waals surface area contributed by atoms with E-state index in [0.29, 0.717) is 11.1 Å². The minimum absolute atomic E-state index is 0.0974. The number of nitrogens with two attached hydrogens (primary N) is 1. The maximum atomic E-state index is 5.95. The molecule has 0 radical (unpaired) electrons. The number of aromatic nitrogens is 2. The van der Waals surface area contributed by atoms with E-state index in [2.05, 4.69) is 17.1 Å². The standard InChI is InChI=1S/C11H19N3OS/c1-2-5-8(12)11-13-10(14-15-11)9-6-3-4-7-16-9/h8-9H,2-7,12H2,1H3/t8-,9?/m0/s1. The van der Waals surface area contributed by atoms with Gasteiger partial charge in [0, 0.05) is 0 Å². The normalized spacial score (nSPS) is 23.2. The SMILES string of the molecule is CCC[C@H](N)c1nc(C2CCCCS2)no1. The monoisotopic (exact) mass is 241 g/mol. The number of thioether (sulfide) groups is 1. The summed E-state index contributed by atoms with van der Waals surface area (Å²) in [5, 5.41) is 4.47. The summed E-state index contributed by atoms with van der Waals surface area (Å²) >= 11 is 1.93. The Morgan fingerprint density at radius 3 is 3.12 bits per heavy atom. The fraction of sp³-hybridized carbons (Fsp3) is 0.818.